The van der Waals surface area contributed by atoms with Crippen LogP contribution in [0, 0.1) is 0 Å². The van der Waals surface area contributed by atoms with Crippen molar-refractivity contribution >= 4 is 39.7 Å². The van der Waals surface area contributed by atoms with Gasteiger partial charge in [-0.1, -0.05) is 59.7 Å². The molecular weight excluding hydrogens is 607 g/mol. The van der Waals surface area contributed by atoms with Crippen LogP contribution in [-0.4, -0.2) is 68.3 Å². The van der Waals surface area contributed by atoms with E-state index in [2.05, 4.69) is 78.0 Å². The van der Waals surface area contributed by atoms with Crippen molar-refractivity contribution < 1.29 is 31.0 Å². The summed E-state index contributed by atoms with van der Waals surface area (Å²) in [7, 11) is -3.40. The Bertz CT molecular complexity index is 1340. The molecule has 14 heteroatoms. The number of carbonyl (C=O) groups is 1. The summed E-state index contributed by atoms with van der Waals surface area (Å²) in [5, 5.41) is 2.41. The van der Waals surface area contributed by atoms with Gasteiger partial charge < -0.3 is 18.9 Å². The number of hydrogen-bond donors (Lipinski definition) is 1. The summed E-state index contributed by atoms with van der Waals surface area (Å²) < 4.78 is 44.5. The summed E-state index contributed by atoms with van der Waals surface area (Å²) >= 11 is -2.09. The van der Waals surface area contributed by atoms with Crippen LogP contribution >= 0.6 is 0 Å². The van der Waals surface area contributed by atoms with Crippen LogP contribution in [0.4, 0.5) is 5.82 Å². The van der Waals surface area contributed by atoms with Crippen molar-refractivity contribution in [3.8, 4) is 0 Å². The van der Waals surface area contributed by atoms with Gasteiger partial charge in [0.1, 0.15) is 24.1 Å². The highest BCUT2D eigenvalue weighted by molar-refractivity contribution is 7.75. The summed E-state index contributed by atoms with van der Waals surface area (Å²) in [4.78, 5) is 30.2. The molecule has 43 heavy (non-hydrogen) atoms. The van der Waals surface area contributed by atoms with E-state index in [-0.39, 0.29) is 28.4 Å². The molecular formula is C29H47N3O8SSi2. The highest BCUT2D eigenvalue weighted by Gasteiger charge is 2.53. The maximum atomic E-state index is 13.4. The Balaban J connectivity index is 2.01. The predicted octanol–water partition coefficient (Wildman–Crippen LogP) is 5.42. The molecule has 1 fully saturated rings. The summed E-state index contributed by atoms with van der Waals surface area (Å²) in [5.41, 5.74) is -0.219. The first-order chi connectivity index (χ1) is 19.8. The van der Waals surface area contributed by atoms with Crippen LogP contribution in [-0.2, 0) is 33.3 Å². The summed E-state index contributed by atoms with van der Waals surface area (Å²) in [6.07, 6.45) is -1.91. The Morgan fingerprint density at radius 2 is 1.60 bits per heavy atom. The average molecular weight is 654 g/mol. The number of nitrogens with zero attached hydrogens (tertiary/aromatic N) is 2. The number of hydrogen-bond acceptors (Lipinski definition) is 9. The lowest BCUT2D eigenvalue weighted by molar-refractivity contribution is -0.0505. The molecule has 0 aliphatic carbocycles. The first-order valence-electron chi connectivity index (χ1n) is 14.3. The highest BCUT2D eigenvalue weighted by atomic mass is 32.2. The average Bonchev–Trinajstić information content (AvgIpc) is 3.22. The van der Waals surface area contributed by atoms with Gasteiger partial charge in [-0.2, -0.15) is 9.19 Å². The molecule has 11 nitrogen and oxygen atoms in total. The zero-order chi connectivity index (χ0) is 32.4. The third-order valence-electron chi connectivity index (χ3n) is 8.64. The fourth-order valence-corrected chi connectivity index (χ4v) is 6.71. The molecule has 240 valence electrons. The largest absolute Gasteiger partial charge is 0.414 e. The number of benzene rings is 1. The van der Waals surface area contributed by atoms with Crippen LogP contribution in [0.3, 0.4) is 0 Å². The predicted molar refractivity (Wildman–Crippen MR) is 172 cm³/mol. The maximum absolute atomic E-state index is 13.4. The molecule has 5 unspecified atom stereocenters. The van der Waals surface area contributed by atoms with E-state index in [0.717, 1.165) is 0 Å². The fourth-order valence-electron chi connectivity index (χ4n) is 3.92. The van der Waals surface area contributed by atoms with Crippen LogP contribution in [0.1, 0.15) is 58.1 Å². The number of aromatic nitrogens is 2. The lowest BCUT2D eigenvalue weighted by atomic mass is 10.1. The molecule has 1 saturated heterocycles. The zero-order valence-electron chi connectivity index (χ0n) is 27.1. The Morgan fingerprint density at radius 3 is 2.14 bits per heavy atom. The lowest BCUT2D eigenvalue weighted by Crippen LogP contribution is -2.51. The van der Waals surface area contributed by atoms with E-state index in [9.17, 15) is 13.8 Å². The van der Waals surface area contributed by atoms with Crippen molar-refractivity contribution in [3.05, 3.63) is 58.6 Å². The van der Waals surface area contributed by atoms with E-state index in [4.69, 9.17) is 22.0 Å². The van der Waals surface area contributed by atoms with Gasteiger partial charge in [-0.15, -0.1) is 0 Å². The Morgan fingerprint density at radius 1 is 1.00 bits per heavy atom. The second-order valence-electron chi connectivity index (χ2n) is 13.7. The van der Waals surface area contributed by atoms with Gasteiger partial charge in [0.2, 0.25) is 0 Å². The number of amides is 1. The molecule has 2 heterocycles. The summed E-state index contributed by atoms with van der Waals surface area (Å²) in [6, 6.07) is 10.2. The third kappa shape index (κ3) is 8.57. The quantitative estimate of drug-likeness (QED) is 0.317. The molecule has 1 N–H and O–H groups in total. The first-order valence-corrected chi connectivity index (χ1v) is 21.2. The Kier molecular flexibility index (Phi) is 11.1. The van der Waals surface area contributed by atoms with Crippen LogP contribution < -0.4 is 11.0 Å². The maximum Gasteiger partial charge on any atom is 0.351 e. The topological polar surface area (TPSA) is 127 Å². The third-order valence-corrected chi connectivity index (χ3v) is 18.3. The molecule has 1 aromatic heterocycles. The van der Waals surface area contributed by atoms with Crippen LogP contribution in [0.5, 0.6) is 0 Å². The van der Waals surface area contributed by atoms with Crippen molar-refractivity contribution in [2.45, 2.75) is 102 Å². The number of ether oxygens (including phenoxy) is 1. The smallest absolute Gasteiger partial charge is 0.351 e. The molecule has 2 aromatic rings. The molecule has 0 bridgehead atoms. The van der Waals surface area contributed by atoms with E-state index in [1.54, 1.807) is 24.3 Å². The monoisotopic (exact) mass is 653 g/mol. The van der Waals surface area contributed by atoms with Gasteiger partial charge in [0.15, 0.2) is 22.9 Å². The lowest BCUT2D eigenvalue weighted by Gasteiger charge is -2.40. The molecule has 1 amide bonds. The first kappa shape index (κ1) is 35.4. The number of rotatable bonds is 11. The molecule has 0 saturated carbocycles. The standard InChI is InChI=1S/C29H47N3O8SSi2/c1-28(2,3)42(8,9)37-19-21-23(39-41(35)36-7)24(40-43(10,11)29(4,5)6)26(38-21)32-18-17-22(31-27(32)34)30-25(33)20-15-13-12-14-16-20/h12-18,21,23-24,26H,19H2,1-11H3,(H,30,31,33,34). The Labute approximate surface area is 259 Å². The van der Waals surface area contributed by atoms with Crippen molar-refractivity contribution in [2.24, 2.45) is 0 Å². The fraction of sp³-hybridized carbons (Fsp3) is 0.621. The van der Waals surface area contributed by atoms with Gasteiger partial charge >= 0.3 is 17.1 Å². The number of carbonyl (C=O) groups excluding carboxylic acids is 1. The Hall–Kier alpha value is -2.05. The minimum Gasteiger partial charge on any atom is -0.414 e. The highest BCUT2D eigenvalue weighted by Crippen LogP contribution is 2.43. The van der Waals surface area contributed by atoms with Crippen molar-refractivity contribution in [2.75, 3.05) is 19.0 Å². The SMILES string of the molecule is COS(=O)OC1C(CO[Si](C)(C)C(C)(C)C)OC(n2ccc(NC(=O)c3ccccc3)nc2=O)C1O[Si](C)(C)C(C)(C)C. The molecule has 1 aliphatic rings. The summed E-state index contributed by atoms with van der Waals surface area (Å²) in [6.45, 7) is 21.3. The summed E-state index contributed by atoms with van der Waals surface area (Å²) in [5.74, 6) is -0.291. The van der Waals surface area contributed by atoms with Gasteiger partial charge in [-0.05, 0) is 54.5 Å². The molecule has 0 radical (unpaired) electrons. The van der Waals surface area contributed by atoms with Crippen LogP contribution in [0.15, 0.2) is 47.4 Å². The van der Waals surface area contributed by atoms with E-state index in [1.807, 2.05) is 6.07 Å². The van der Waals surface area contributed by atoms with E-state index >= 15 is 0 Å². The molecule has 5 atom stereocenters. The number of nitrogens with one attached hydrogen (secondary N) is 1. The van der Waals surface area contributed by atoms with E-state index in [1.165, 1.54) is 23.9 Å². The van der Waals surface area contributed by atoms with Gasteiger partial charge in [0.05, 0.1) is 13.7 Å². The van der Waals surface area contributed by atoms with Gasteiger partial charge in [0.25, 0.3) is 5.91 Å². The molecule has 1 aromatic carbocycles. The zero-order valence-corrected chi connectivity index (χ0v) is 29.9. The second-order valence-corrected chi connectivity index (χ2v) is 24.2. The molecule has 3 rings (SSSR count). The molecule has 1 aliphatic heterocycles. The minimum atomic E-state index is -2.48. The van der Waals surface area contributed by atoms with Crippen LogP contribution in [0.2, 0.25) is 36.3 Å². The van der Waals surface area contributed by atoms with Crippen molar-refractivity contribution in [1.82, 2.24) is 9.55 Å². The van der Waals surface area contributed by atoms with Gasteiger partial charge in [-0.25, -0.2) is 4.79 Å². The van der Waals surface area contributed by atoms with Crippen molar-refractivity contribution in [1.29, 1.82) is 0 Å². The second kappa shape index (κ2) is 13.5. The normalized spacial score (nSPS) is 22.4. The minimum absolute atomic E-state index is 0.0609. The van der Waals surface area contributed by atoms with Crippen LogP contribution in [0.25, 0.3) is 0 Å². The van der Waals surface area contributed by atoms with Gasteiger partial charge in [-0.3, -0.25) is 17.7 Å². The van der Waals surface area contributed by atoms with Gasteiger partial charge in [0, 0.05) is 11.8 Å². The molecule has 0 spiro atoms. The van der Waals surface area contributed by atoms with E-state index in [0.29, 0.717) is 5.56 Å². The van der Waals surface area contributed by atoms with Crippen molar-refractivity contribution in [3.63, 3.8) is 0 Å². The van der Waals surface area contributed by atoms with E-state index < -0.39 is 58.2 Å². The number of anilines is 1.